The van der Waals surface area contributed by atoms with E-state index in [2.05, 4.69) is 17.6 Å². The molecule has 2 aliphatic heterocycles. The predicted octanol–water partition coefficient (Wildman–Crippen LogP) is 2.96. The van der Waals surface area contributed by atoms with Crippen LogP contribution in [0.1, 0.15) is 74.6 Å². The first-order valence-electron chi connectivity index (χ1n) is 10.3. The largest absolute Gasteiger partial charge is 0.377 e. The Bertz CT molecular complexity index is 831. The Hall–Kier alpha value is -2.41. The Labute approximate surface area is 172 Å². The number of amides is 3. The van der Waals surface area contributed by atoms with Gasteiger partial charge in [0.15, 0.2) is 0 Å². The number of hydrogen-bond donors (Lipinski definition) is 2. The molecule has 2 heterocycles. The third-order valence-corrected chi connectivity index (χ3v) is 5.66. The van der Waals surface area contributed by atoms with Crippen LogP contribution in [0, 0.1) is 0 Å². The monoisotopic (exact) mass is 401 g/mol. The number of ether oxygens (including phenoxy) is 1. The second kappa shape index (κ2) is 7.78. The van der Waals surface area contributed by atoms with E-state index in [0.717, 1.165) is 17.7 Å². The highest BCUT2D eigenvalue weighted by molar-refractivity contribution is 6.25. The minimum atomic E-state index is -0.745. The molecule has 1 fully saturated rings. The summed E-state index contributed by atoms with van der Waals surface area (Å²) >= 11 is 0. The summed E-state index contributed by atoms with van der Waals surface area (Å²) in [6.45, 7) is 11.2. The van der Waals surface area contributed by atoms with E-state index in [1.54, 1.807) is 18.2 Å². The highest BCUT2D eigenvalue weighted by Gasteiger charge is 2.45. The molecule has 29 heavy (non-hydrogen) atoms. The van der Waals surface area contributed by atoms with E-state index in [1.807, 2.05) is 27.7 Å². The Morgan fingerprint density at radius 3 is 2.55 bits per heavy atom. The van der Waals surface area contributed by atoms with Crippen molar-refractivity contribution in [3.8, 4) is 0 Å². The molecule has 1 saturated heterocycles. The lowest BCUT2D eigenvalue weighted by Gasteiger charge is -2.33. The molecular weight excluding hydrogens is 370 g/mol. The molecule has 158 valence electrons. The average molecular weight is 402 g/mol. The summed E-state index contributed by atoms with van der Waals surface area (Å²) in [7, 11) is 0. The molecule has 2 aliphatic rings. The molecule has 1 aromatic carbocycles. The van der Waals surface area contributed by atoms with Crippen LogP contribution in [0.25, 0.3) is 0 Å². The standard InChI is InChI=1S/C22H31N3O4/c1-6-22(4,5)29-13-21(2,3)24-15-10-7-9-14-17(15)20(28)25(19(14)27)16-11-8-12-23-18(16)26/h7,9-10,16,24H,6,8,11-13H2,1-5H3,(H,23,26). The van der Waals surface area contributed by atoms with Crippen LogP contribution < -0.4 is 10.6 Å². The van der Waals surface area contributed by atoms with E-state index in [-0.39, 0.29) is 11.5 Å². The molecule has 1 aromatic rings. The summed E-state index contributed by atoms with van der Waals surface area (Å²) in [6.07, 6.45) is 2.12. The van der Waals surface area contributed by atoms with Crippen molar-refractivity contribution in [2.45, 2.75) is 71.1 Å². The SMILES string of the molecule is CCC(C)(C)OCC(C)(C)Nc1cccc2c1C(=O)N(C1CCCNC1=O)C2=O. The second-order valence-electron chi connectivity index (χ2n) is 9.07. The van der Waals surface area contributed by atoms with Gasteiger partial charge < -0.3 is 15.4 Å². The van der Waals surface area contributed by atoms with Crippen molar-refractivity contribution >= 4 is 23.4 Å². The number of nitrogens with one attached hydrogen (secondary N) is 2. The van der Waals surface area contributed by atoms with Crippen LogP contribution in [0.4, 0.5) is 5.69 Å². The zero-order valence-corrected chi connectivity index (χ0v) is 17.9. The van der Waals surface area contributed by atoms with Crippen molar-refractivity contribution in [3.63, 3.8) is 0 Å². The van der Waals surface area contributed by atoms with Gasteiger partial charge >= 0.3 is 0 Å². The predicted molar refractivity (Wildman–Crippen MR) is 111 cm³/mol. The molecule has 0 spiro atoms. The van der Waals surface area contributed by atoms with Crippen LogP contribution in [0.2, 0.25) is 0 Å². The van der Waals surface area contributed by atoms with Gasteiger partial charge in [0, 0.05) is 12.2 Å². The molecule has 2 N–H and O–H groups in total. The molecule has 0 aliphatic carbocycles. The third kappa shape index (κ3) is 4.29. The van der Waals surface area contributed by atoms with Gasteiger partial charge in [-0.25, -0.2) is 0 Å². The van der Waals surface area contributed by atoms with Gasteiger partial charge in [-0.3, -0.25) is 19.3 Å². The molecule has 3 amide bonds. The quantitative estimate of drug-likeness (QED) is 0.686. The molecular formula is C22H31N3O4. The van der Waals surface area contributed by atoms with Gasteiger partial charge in [0.1, 0.15) is 6.04 Å². The highest BCUT2D eigenvalue weighted by atomic mass is 16.5. The maximum Gasteiger partial charge on any atom is 0.264 e. The third-order valence-electron chi connectivity index (χ3n) is 5.66. The number of rotatable bonds is 7. The Kier molecular flexibility index (Phi) is 5.72. The number of carbonyl (C=O) groups is 3. The van der Waals surface area contributed by atoms with Crippen molar-refractivity contribution in [2.24, 2.45) is 0 Å². The summed E-state index contributed by atoms with van der Waals surface area (Å²) in [5.74, 6) is -1.09. The maximum absolute atomic E-state index is 13.2. The average Bonchev–Trinajstić information content (AvgIpc) is 2.92. The van der Waals surface area contributed by atoms with Gasteiger partial charge in [-0.05, 0) is 59.1 Å². The fraction of sp³-hybridized carbons (Fsp3) is 0.591. The van der Waals surface area contributed by atoms with Gasteiger partial charge in [-0.15, -0.1) is 0 Å². The molecule has 0 bridgehead atoms. The van der Waals surface area contributed by atoms with Crippen molar-refractivity contribution in [3.05, 3.63) is 29.3 Å². The molecule has 7 nitrogen and oxygen atoms in total. The van der Waals surface area contributed by atoms with Crippen LogP contribution in [-0.4, -0.2) is 53.0 Å². The van der Waals surface area contributed by atoms with E-state index in [1.165, 1.54) is 0 Å². The summed E-state index contributed by atoms with van der Waals surface area (Å²) in [5.41, 5.74) is 0.555. The lowest BCUT2D eigenvalue weighted by atomic mass is 10.0. The first-order chi connectivity index (χ1) is 13.6. The Morgan fingerprint density at radius 2 is 1.90 bits per heavy atom. The van der Waals surface area contributed by atoms with Crippen molar-refractivity contribution in [2.75, 3.05) is 18.5 Å². The smallest absolute Gasteiger partial charge is 0.264 e. The number of hydrogen-bond acceptors (Lipinski definition) is 5. The molecule has 7 heteroatoms. The number of nitrogens with zero attached hydrogens (tertiary/aromatic N) is 1. The number of imide groups is 1. The number of piperidine rings is 1. The summed E-state index contributed by atoms with van der Waals surface area (Å²) in [5, 5.41) is 6.12. The molecule has 0 aromatic heterocycles. The zero-order valence-electron chi connectivity index (χ0n) is 17.9. The Morgan fingerprint density at radius 1 is 1.17 bits per heavy atom. The van der Waals surface area contributed by atoms with Crippen molar-refractivity contribution in [1.82, 2.24) is 10.2 Å². The van der Waals surface area contributed by atoms with E-state index in [9.17, 15) is 14.4 Å². The lowest BCUT2D eigenvalue weighted by Crippen LogP contribution is -2.52. The van der Waals surface area contributed by atoms with Gasteiger partial charge in [0.25, 0.3) is 11.8 Å². The Balaban J connectivity index is 1.84. The minimum absolute atomic E-state index is 0.242. The molecule has 1 unspecified atom stereocenters. The van der Waals surface area contributed by atoms with Crippen LogP contribution >= 0.6 is 0 Å². The second-order valence-corrected chi connectivity index (χ2v) is 9.07. The molecule has 0 radical (unpaired) electrons. The number of fused-ring (bicyclic) bond motifs is 1. The molecule has 0 saturated carbocycles. The molecule has 1 atom stereocenters. The van der Waals surface area contributed by atoms with Crippen LogP contribution in [0.5, 0.6) is 0 Å². The first-order valence-corrected chi connectivity index (χ1v) is 10.3. The van der Waals surface area contributed by atoms with Crippen LogP contribution in [-0.2, 0) is 9.53 Å². The van der Waals surface area contributed by atoms with E-state index in [4.69, 9.17) is 4.74 Å². The van der Waals surface area contributed by atoms with E-state index < -0.39 is 23.4 Å². The van der Waals surface area contributed by atoms with Crippen molar-refractivity contribution in [1.29, 1.82) is 0 Å². The van der Waals surface area contributed by atoms with Crippen molar-refractivity contribution < 1.29 is 19.1 Å². The van der Waals surface area contributed by atoms with E-state index in [0.29, 0.717) is 36.4 Å². The van der Waals surface area contributed by atoms with Crippen LogP contribution in [0.3, 0.4) is 0 Å². The summed E-state index contributed by atoms with van der Waals surface area (Å²) in [6, 6.07) is 4.45. The number of carbonyl (C=O) groups excluding carboxylic acids is 3. The molecule has 3 rings (SSSR count). The lowest BCUT2D eigenvalue weighted by molar-refractivity contribution is -0.126. The number of benzene rings is 1. The van der Waals surface area contributed by atoms with E-state index >= 15 is 0 Å². The zero-order chi connectivity index (χ0) is 21.4. The fourth-order valence-corrected chi connectivity index (χ4v) is 3.57. The topological polar surface area (TPSA) is 87.7 Å². The van der Waals surface area contributed by atoms with Gasteiger partial charge in [0.2, 0.25) is 5.91 Å². The van der Waals surface area contributed by atoms with Gasteiger partial charge in [-0.2, -0.15) is 0 Å². The fourth-order valence-electron chi connectivity index (χ4n) is 3.57. The van der Waals surface area contributed by atoms with Crippen LogP contribution in [0.15, 0.2) is 18.2 Å². The maximum atomic E-state index is 13.2. The highest BCUT2D eigenvalue weighted by Crippen LogP contribution is 2.33. The summed E-state index contributed by atoms with van der Waals surface area (Å²) in [4.78, 5) is 39.5. The number of anilines is 1. The van der Waals surface area contributed by atoms with Gasteiger partial charge in [-0.1, -0.05) is 13.0 Å². The minimum Gasteiger partial charge on any atom is -0.377 e. The normalized spacial score (nSPS) is 20.0. The summed E-state index contributed by atoms with van der Waals surface area (Å²) < 4.78 is 6.04. The first kappa shape index (κ1) is 21.3. The van der Waals surface area contributed by atoms with Gasteiger partial charge in [0.05, 0.1) is 28.9 Å².